The van der Waals surface area contributed by atoms with Crippen molar-refractivity contribution in [2.75, 3.05) is 36.2 Å². The number of thiazole rings is 2. The number of nitrogens with zero attached hydrogens (tertiary/aromatic N) is 4. The van der Waals surface area contributed by atoms with Crippen molar-refractivity contribution in [2.45, 2.75) is 9.79 Å². The highest BCUT2D eigenvalue weighted by Gasteiger charge is 2.13. The standard InChI is InChI=1S/C20H22N8O4S6/c1-33-17(27-19-25-13-5-3-11(37(21,29)30)9-15(13)35-19)23-7-8-24-18(34-2)28-20-26-14-6-4-12(38(22,31)32)10-16(14)36-20/h3-6,9-10H,7-8H2,1-2H3,(H2,21,29,30)(H2,22,31,32)(H,23,25,27)(H,24,26,28). The van der Waals surface area contributed by atoms with Gasteiger partial charge in [0.25, 0.3) is 0 Å². The smallest absolute Gasteiger partial charge is 0.238 e. The van der Waals surface area contributed by atoms with Crippen molar-refractivity contribution < 1.29 is 16.8 Å². The van der Waals surface area contributed by atoms with Crippen LogP contribution in [-0.2, 0) is 20.0 Å². The molecule has 0 radical (unpaired) electrons. The van der Waals surface area contributed by atoms with E-state index in [-0.39, 0.29) is 9.79 Å². The van der Waals surface area contributed by atoms with Gasteiger partial charge in [-0.3, -0.25) is 9.98 Å². The number of nitrogens with one attached hydrogen (secondary N) is 2. The van der Waals surface area contributed by atoms with Crippen molar-refractivity contribution in [1.82, 2.24) is 9.97 Å². The highest BCUT2D eigenvalue weighted by molar-refractivity contribution is 8.13. The molecule has 0 saturated heterocycles. The number of hydrogen-bond acceptors (Lipinski definition) is 12. The topological polar surface area (TPSA) is 195 Å². The van der Waals surface area contributed by atoms with Gasteiger partial charge in [-0.15, -0.1) is 0 Å². The van der Waals surface area contributed by atoms with Crippen LogP contribution in [0.25, 0.3) is 20.4 Å². The number of sulfonamides is 2. The first kappa shape index (κ1) is 28.7. The van der Waals surface area contributed by atoms with E-state index in [1.165, 1.54) is 70.5 Å². The second-order valence-electron chi connectivity index (χ2n) is 7.42. The molecule has 0 aliphatic rings. The Morgan fingerprint density at radius 3 is 1.53 bits per heavy atom. The third-order valence-corrected chi connectivity index (χ3v) is 9.73. The molecular formula is C20H22N8O4S6. The minimum atomic E-state index is -3.79. The molecule has 38 heavy (non-hydrogen) atoms. The second-order valence-corrected chi connectivity index (χ2v) is 14.2. The van der Waals surface area contributed by atoms with E-state index in [2.05, 4.69) is 30.6 Å². The Morgan fingerprint density at radius 1 is 0.789 bits per heavy atom. The summed E-state index contributed by atoms with van der Waals surface area (Å²) in [5, 5.41) is 19.2. The van der Waals surface area contributed by atoms with Crippen molar-refractivity contribution in [2.24, 2.45) is 20.3 Å². The maximum Gasteiger partial charge on any atom is 0.238 e. The molecule has 2 aromatic carbocycles. The van der Waals surface area contributed by atoms with Crippen LogP contribution in [0.5, 0.6) is 0 Å². The van der Waals surface area contributed by atoms with Gasteiger partial charge in [0.05, 0.1) is 43.3 Å². The summed E-state index contributed by atoms with van der Waals surface area (Å²) in [7, 11) is -7.58. The van der Waals surface area contributed by atoms with Crippen LogP contribution in [0.4, 0.5) is 10.3 Å². The molecule has 0 bridgehead atoms. The Kier molecular flexibility index (Phi) is 8.92. The van der Waals surface area contributed by atoms with Crippen molar-refractivity contribution in [1.29, 1.82) is 0 Å². The fourth-order valence-electron chi connectivity index (χ4n) is 3.07. The lowest BCUT2D eigenvalue weighted by molar-refractivity contribution is 0.596. The van der Waals surface area contributed by atoms with Gasteiger partial charge in [0.15, 0.2) is 20.6 Å². The van der Waals surface area contributed by atoms with E-state index in [0.717, 1.165) is 0 Å². The number of aliphatic imine (C=N–C) groups is 2. The van der Waals surface area contributed by atoms with Gasteiger partial charge in [0.2, 0.25) is 20.0 Å². The predicted octanol–water partition coefficient (Wildman–Crippen LogP) is 3.16. The number of aromatic nitrogens is 2. The van der Waals surface area contributed by atoms with Crippen molar-refractivity contribution >= 4 is 107 Å². The zero-order valence-electron chi connectivity index (χ0n) is 19.9. The zero-order valence-corrected chi connectivity index (χ0v) is 24.8. The number of anilines is 2. The Morgan fingerprint density at radius 2 is 1.18 bits per heavy atom. The third-order valence-electron chi connectivity index (χ3n) is 4.80. The lowest BCUT2D eigenvalue weighted by Gasteiger charge is -2.05. The molecule has 0 atom stereocenters. The molecule has 0 spiro atoms. The highest BCUT2D eigenvalue weighted by atomic mass is 32.2. The number of benzene rings is 2. The summed E-state index contributed by atoms with van der Waals surface area (Å²) in [5.74, 6) is 0. The summed E-state index contributed by atoms with van der Waals surface area (Å²) in [4.78, 5) is 18.1. The number of fused-ring (bicyclic) bond motifs is 2. The monoisotopic (exact) mass is 630 g/mol. The Balaban J connectivity index is 1.39. The fraction of sp³-hybridized carbons (Fsp3) is 0.200. The molecule has 18 heteroatoms. The molecule has 12 nitrogen and oxygen atoms in total. The maximum atomic E-state index is 11.6. The molecule has 4 rings (SSSR count). The van der Waals surface area contributed by atoms with Crippen LogP contribution in [0.3, 0.4) is 0 Å². The number of amidine groups is 2. The molecule has 202 valence electrons. The van der Waals surface area contributed by atoms with E-state index in [1.54, 1.807) is 12.1 Å². The van der Waals surface area contributed by atoms with Gasteiger partial charge in [-0.05, 0) is 48.9 Å². The summed E-state index contributed by atoms with van der Waals surface area (Å²) in [6.45, 7) is 0.819. The average Bonchev–Trinajstić information content (AvgIpc) is 3.45. The molecule has 4 aromatic rings. The van der Waals surface area contributed by atoms with E-state index >= 15 is 0 Å². The SMILES string of the molecule is CSC(=NCCN=C(Nc1nc2ccc(S(N)(=O)=O)cc2s1)SC)Nc1nc2ccc(S(N)(=O)=O)cc2s1. The van der Waals surface area contributed by atoms with Crippen LogP contribution in [0.15, 0.2) is 56.2 Å². The van der Waals surface area contributed by atoms with Crippen LogP contribution >= 0.6 is 46.2 Å². The summed E-state index contributed by atoms with van der Waals surface area (Å²) in [6.07, 6.45) is 3.76. The Bertz CT molecular complexity index is 1630. The molecular weight excluding hydrogens is 609 g/mol. The minimum Gasteiger partial charge on any atom is -0.311 e. The largest absolute Gasteiger partial charge is 0.311 e. The lowest BCUT2D eigenvalue weighted by atomic mass is 10.3. The Labute approximate surface area is 235 Å². The number of hydrogen-bond donors (Lipinski definition) is 4. The van der Waals surface area contributed by atoms with Gasteiger partial charge in [-0.25, -0.2) is 37.1 Å². The van der Waals surface area contributed by atoms with Gasteiger partial charge >= 0.3 is 0 Å². The molecule has 6 N–H and O–H groups in total. The summed E-state index contributed by atoms with van der Waals surface area (Å²) >= 11 is 5.43. The van der Waals surface area contributed by atoms with Crippen LogP contribution < -0.4 is 20.9 Å². The first-order valence-electron chi connectivity index (χ1n) is 10.5. The second kappa shape index (κ2) is 11.8. The minimum absolute atomic E-state index is 0.0362. The van der Waals surface area contributed by atoms with Gasteiger partial charge < -0.3 is 10.6 Å². The summed E-state index contributed by atoms with van der Waals surface area (Å²) < 4.78 is 47.8. The van der Waals surface area contributed by atoms with Crippen molar-refractivity contribution in [3.05, 3.63) is 36.4 Å². The molecule has 0 aliphatic carbocycles. The summed E-state index contributed by atoms with van der Waals surface area (Å²) in [6, 6.07) is 9.08. The average molecular weight is 631 g/mol. The zero-order chi connectivity index (χ0) is 27.5. The fourth-order valence-corrected chi connectivity index (χ4v) is 7.07. The van der Waals surface area contributed by atoms with Crippen LogP contribution in [0, 0.1) is 0 Å². The van der Waals surface area contributed by atoms with E-state index in [4.69, 9.17) is 10.3 Å². The van der Waals surface area contributed by atoms with Gasteiger partial charge in [-0.1, -0.05) is 46.2 Å². The maximum absolute atomic E-state index is 11.6. The molecule has 0 saturated carbocycles. The van der Waals surface area contributed by atoms with E-state index in [9.17, 15) is 16.8 Å². The molecule has 0 unspecified atom stereocenters. The molecule has 0 fully saturated rings. The molecule has 2 heterocycles. The normalized spacial score (nSPS) is 13.4. The summed E-state index contributed by atoms with van der Waals surface area (Å²) in [5.41, 5.74) is 1.31. The number of rotatable bonds is 7. The van der Waals surface area contributed by atoms with E-state index in [1.807, 2.05) is 12.5 Å². The van der Waals surface area contributed by atoms with E-state index in [0.29, 0.717) is 54.1 Å². The highest BCUT2D eigenvalue weighted by Crippen LogP contribution is 2.29. The van der Waals surface area contributed by atoms with Gasteiger partial charge in [-0.2, -0.15) is 0 Å². The lowest BCUT2D eigenvalue weighted by Crippen LogP contribution is -2.11. The van der Waals surface area contributed by atoms with Crippen molar-refractivity contribution in [3.63, 3.8) is 0 Å². The molecule has 0 aliphatic heterocycles. The molecule has 2 aromatic heterocycles. The Hall–Kier alpha value is -2.32. The van der Waals surface area contributed by atoms with E-state index < -0.39 is 20.0 Å². The predicted molar refractivity (Wildman–Crippen MR) is 161 cm³/mol. The van der Waals surface area contributed by atoms with Crippen molar-refractivity contribution in [3.8, 4) is 0 Å². The third kappa shape index (κ3) is 7.20. The van der Waals surface area contributed by atoms with Gasteiger partial charge in [0.1, 0.15) is 0 Å². The van der Waals surface area contributed by atoms with Crippen LogP contribution in [-0.4, -0.2) is 62.7 Å². The number of primary sulfonamides is 2. The molecule has 0 amide bonds. The van der Waals surface area contributed by atoms with Crippen LogP contribution in [0.2, 0.25) is 0 Å². The number of nitrogens with two attached hydrogens (primary N) is 2. The first-order chi connectivity index (χ1) is 18.0. The number of thioether (sulfide) groups is 2. The van der Waals surface area contributed by atoms with Crippen LogP contribution in [0.1, 0.15) is 0 Å². The van der Waals surface area contributed by atoms with Gasteiger partial charge in [0, 0.05) is 0 Å². The quantitative estimate of drug-likeness (QED) is 0.134. The first-order valence-corrected chi connectivity index (χ1v) is 17.7.